The van der Waals surface area contributed by atoms with E-state index in [1.807, 2.05) is 26.0 Å². The van der Waals surface area contributed by atoms with Crippen LogP contribution in [0.3, 0.4) is 0 Å². The molecule has 25 heavy (non-hydrogen) atoms. The number of sulfone groups is 1. The molecule has 1 aliphatic heterocycles. The number of ether oxygens (including phenoxy) is 1. The third-order valence-corrected chi connectivity index (χ3v) is 6.03. The lowest BCUT2D eigenvalue weighted by atomic mass is 10.1. The van der Waals surface area contributed by atoms with Crippen LogP contribution in [0.25, 0.3) is 0 Å². The van der Waals surface area contributed by atoms with Gasteiger partial charge < -0.3 is 15.0 Å². The monoisotopic (exact) mass is 368 g/mol. The molecular formula is C17H24N2O5S. The van der Waals surface area contributed by atoms with Crippen LogP contribution in [0.1, 0.15) is 17.5 Å². The van der Waals surface area contributed by atoms with Gasteiger partial charge in [-0.15, -0.1) is 0 Å². The Morgan fingerprint density at radius 1 is 1.32 bits per heavy atom. The first kappa shape index (κ1) is 19.4. The van der Waals surface area contributed by atoms with Crippen LogP contribution >= 0.6 is 0 Å². The second-order valence-corrected chi connectivity index (χ2v) is 8.55. The van der Waals surface area contributed by atoms with Crippen molar-refractivity contribution < 1.29 is 22.7 Å². The molecule has 0 bridgehead atoms. The fourth-order valence-electron chi connectivity index (χ4n) is 2.84. The Morgan fingerprint density at radius 3 is 2.64 bits per heavy atom. The lowest BCUT2D eigenvalue weighted by molar-refractivity contribution is -0.144. The zero-order valence-electron chi connectivity index (χ0n) is 14.7. The van der Waals surface area contributed by atoms with E-state index >= 15 is 0 Å². The van der Waals surface area contributed by atoms with Crippen molar-refractivity contribution in [1.29, 1.82) is 0 Å². The lowest BCUT2D eigenvalue weighted by Crippen LogP contribution is -2.48. The number of anilines is 1. The van der Waals surface area contributed by atoms with E-state index in [2.05, 4.69) is 5.32 Å². The van der Waals surface area contributed by atoms with Crippen LogP contribution in [0.15, 0.2) is 18.2 Å². The van der Waals surface area contributed by atoms with Gasteiger partial charge in [0.15, 0.2) is 9.84 Å². The predicted octanol–water partition coefficient (Wildman–Crippen LogP) is 0.904. The standard InChI is InChI=1S/C17H24N2O5S/c1-12-4-5-13(2)15(10-12)18-16(20)17(21)19(7-8-24-3)14-6-9-25(22,23)11-14/h4-5,10,14H,6-9,11H2,1-3H3,(H,18,20). The number of hydrogen-bond acceptors (Lipinski definition) is 5. The minimum Gasteiger partial charge on any atom is -0.383 e. The first-order valence-corrected chi connectivity index (χ1v) is 9.94. The number of hydrogen-bond donors (Lipinski definition) is 1. The molecule has 1 N–H and O–H groups in total. The molecule has 1 aromatic carbocycles. The zero-order chi connectivity index (χ0) is 18.6. The molecule has 138 valence electrons. The first-order chi connectivity index (χ1) is 11.7. The number of carbonyl (C=O) groups is 2. The Kier molecular flexibility index (Phi) is 6.18. The van der Waals surface area contributed by atoms with Gasteiger partial charge >= 0.3 is 11.8 Å². The van der Waals surface area contributed by atoms with Crippen LogP contribution in [0.5, 0.6) is 0 Å². The molecule has 7 nitrogen and oxygen atoms in total. The molecule has 1 heterocycles. The van der Waals surface area contributed by atoms with Crippen molar-refractivity contribution in [3.8, 4) is 0 Å². The molecule has 0 aliphatic carbocycles. The summed E-state index contributed by atoms with van der Waals surface area (Å²) in [6.07, 6.45) is 0.342. The maximum Gasteiger partial charge on any atom is 0.313 e. The number of benzene rings is 1. The van der Waals surface area contributed by atoms with Crippen LogP contribution in [0.4, 0.5) is 5.69 Å². The third kappa shape index (κ3) is 5.02. The summed E-state index contributed by atoms with van der Waals surface area (Å²) in [5.41, 5.74) is 2.38. The largest absolute Gasteiger partial charge is 0.383 e. The first-order valence-electron chi connectivity index (χ1n) is 8.12. The van der Waals surface area contributed by atoms with Crippen molar-refractivity contribution >= 4 is 27.3 Å². The Labute approximate surface area is 148 Å². The summed E-state index contributed by atoms with van der Waals surface area (Å²) in [5, 5.41) is 2.63. The summed E-state index contributed by atoms with van der Waals surface area (Å²) in [6.45, 7) is 4.14. The Hall–Kier alpha value is -1.93. The van der Waals surface area contributed by atoms with E-state index in [1.54, 1.807) is 6.07 Å². The molecule has 1 fully saturated rings. The molecule has 8 heteroatoms. The fraction of sp³-hybridized carbons (Fsp3) is 0.529. The molecule has 0 aromatic heterocycles. The molecule has 1 aromatic rings. The van der Waals surface area contributed by atoms with Crippen molar-refractivity contribution in [1.82, 2.24) is 4.90 Å². The van der Waals surface area contributed by atoms with E-state index < -0.39 is 27.7 Å². The van der Waals surface area contributed by atoms with Crippen molar-refractivity contribution in [2.45, 2.75) is 26.3 Å². The number of amides is 2. The van der Waals surface area contributed by atoms with Crippen molar-refractivity contribution in [2.24, 2.45) is 0 Å². The van der Waals surface area contributed by atoms with Gasteiger partial charge in [0, 0.05) is 25.4 Å². The quantitative estimate of drug-likeness (QED) is 0.780. The van der Waals surface area contributed by atoms with Crippen molar-refractivity contribution in [2.75, 3.05) is 37.1 Å². The Morgan fingerprint density at radius 2 is 2.04 bits per heavy atom. The van der Waals surface area contributed by atoms with E-state index in [0.717, 1.165) is 11.1 Å². The summed E-state index contributed by atoms with van der Waals surface area (Å²) in [7, 11) is -1.67. The molecule has 0 radical (unpaired) electrons. The highest BCUT2D eigenvalue weighted by Crippen LogP contribution is 2.20. The van der Waals surface area contributed by atoms with Gasteiger partial charge in [0.05, 0.1) is 18.1 Å². The molecule has 1 unspecified atom stereocenters. The normalized spacial score (nSPS) is 18.8. The summed E-state index contributed by atoms with van der Waals surface area (Å²) in [6, 6.07) is 5.08. The SMILES string of the molecule is COCCN(C(=O)C(=O)Nc1cc(C)ccc1C)C1CCS(=O)(=O)C1. The van der Waals surface area contributed by atoms with Gasteiger partial charge in [0.1, 0.15) is 0 Å². The molecule has 0 spiro atoms. The summed E-state index contributed by atoms with van der Waals surface area (Å²) in [5.74, 6) is -1.58. The lowest BCUT2D eigenvalue weighted by Gasteiger charge is -2.27. The number of nitrogens with zero attached hydrogens (tertiary/aromatic N) is 1. The van der Waals surface area contributed by atoms with Crippen LogP contribution in [0, 0.1) is 13.8 Å². The maximum atomic E-state index is 12.6. The second-order valence-electron chi connectivity index (χ2n) is 6.32. The van der Waals surface area contributed by atoms with Gasteiger partial charge in [0.2, 0.25) is 0 Å². The van der Waals surface area contributed by atoms with Crippen LogP contribution in [-0.2, 0) is 24.2 Å². The van der Waals surface area contributed by atoms with Gasteiger partial charge in [-0.2, -0.15) is 0 Å². The van der Waals surface area contributed by atoms with Crippen molar-refractivity contribution in [3.63, 3.8) is 0 Å². The van der Waals surface area contributed by atoms with E-state index in [4.69, 9.17) is 4.74 Å². The number of rotatable bonds is 5. The summed E-state index contributed by atoms with van der Waals surface area (Å²) in [4.78, 5) is 26.3. The van der Waals surface area contributed by atoms with Crippen molar-refractivity contribution in [3.05, 3.63) is 29.3 Å². The summed E-state index contributed by atoms with van der Waals surface area (Å²) < 4.78 is 28.4. The third-order valence-electron chi connectivity index (χ3n) is 4.28. The molecule has 2 rings (SSSR count). The Bertz CT molecular complexity index is 760. The molecule has 1 aliphatic rings. The fourth-order valence-corrected chi connectivity index (χ4v) is 4.57. The van der Waals surface area contributed by atoms with Crippen LogP contribution < -0.4 is 5.32 Å². The minimum atomic E-state index is -3.16. The zero-order valence-corrected chi connectivity index (χ0v) is 15.6. The molecule has 0 saturated carbocycles. The Balaban J connectivity index is 2.14. The minimum absolute atomic E-state index is 0.0348. The highest BCUT2D eigenvalue weighted by Gasteiger charge is 2.36. The molecule has 1 atom stereocenters. The van der Waals surface area contributed by atoms with Gasteiger partial charge in [-0.25, -0.2) is 8.42 Å². The highest BCUT2D eigenvalue weighted by atomic mass is 32.2. The number of carbonyl (C=O) groups excluding carboxylic acids is 2. The molecule has 1 saturated heterocycles. The summed E-state index contributed by atoms with van der Waals surface area (Å²) >= 11 is 0. The van der Waals surface area contributed by atoms with Gasteiger partial charge in [-0.1, -0.05) is 12.1 Å². The average Bonchev–Trinajstić information content (AvgIpc) is 2.91. The smallest absolute Gasteiger partial charge is 0.313 e. The molecular weight excluding hydrogens is 344 g/mol. The van der Waals surface area contributed by atoms with E-state index in [9.17, 15) is 18.0 Å². The van der Waals surface area contributed by atoms with Crippen LogP contribution in [-0.4, -0.2) is 62.9 Å². The highest BCUT2D eigenvalue weighted by molar-refractivity contribution is 7.91. The van der Waals surface area contributed by atoms with Gasteiger partial charge in [-0.05, 0) is 37.5 Å². The maximum absolute atomic E-state index is 12.6. The number of nitrogens with one attached hydrogen (secondary N) is 1. The predicted molar refractivity (Wildman–Crippen MR) is 95.2 cm³/mol. The van der Waals surface area contributed by atoms with Gasteiger partial charge in [-0.3, -0.25) is 9.59 Å². The number of aryl methyl sites for hydroxylation is 2. The number of methoxy groups -OCH3 is 1. The van der Waals surface area contributed by atoms with Gasteiger partial charge in [0.25, 0.3) is 0 Å². The topological polar surface area (TPSA) is 92.8 Å². The van der Waals surface area contributed by atoms with E-state index in [-0.39, 0.29) is 24.7 Å². The van der Waals surface area contributed by atoms with Crippen LogP contribution in [0.2, 0.25) is 0 Å². The molecule has 2 amide bonds. The van der Waals surface area contributed by atoms with E-state index in [0.29, 0.717) is 12.1 Å². The average molecular weight is 368 g/mol. The van der Waals surface area contributed by atoms with E-state index in [1.165, 1.54) is 12.0 Å². The second kappa shape index (κ2) is 7.97.